The van der Waals surface area contributed by atoms with Crippen LogP contribution in [-0.2, 0) is 11.0 Å². The van der Waals surface area contributed by atoms with Crippen molar-refractivity contribution in [2.45, 2.75) is 31.9 Å². The molecule has 0 heterocycles. The minimum atomic E-state index is -4.40. The van der Waals surface area contributed by atoms with Crippen LogP contribution < -0.4 is 5.32 Å². The fourth-order valence-corrected chi connectivity index (χ4v) is 2.36. The van der Waals surface area contributed by atoms with E-state index in [0.29, 0.717) is 12.8 Å². The molecule has 2 rings (SSSR count). The van der Waals surface area contributed by atoms with Crippen LogP contribution in [0.25, 0.3) is 0 Å². The van der Waals surface area contributed by atoms with Gasteiger partial charge in [0.1, 0.15) is 5.41 Å². The lowest BCUT2D eigenvalue weighted by atomic mass is 9.87. The van der Waals surface area contributed by atoms with Crippen molar-refractivity contribution in [1.29, 1.82) is 5.26 Å². The summed E-state index contributed by atoms with van der Waals surface area (Å²) in [6, 6.07) is 6.24. The van der Waals surface area contributed by atoms with Gasteiger partial charge in [-0.05, 0) is 37.1 Å². The molecule has 6 heteroatoms. The molecule has 0 radical (unpaired) electrons. The predicted molar refractivity (Wildman–Crippen MR) is 66.6 cm³/mol. The average molecular weight is 282 g/mol. The molecule has 1 aliphatic carbocycles. The molecule has 1 N–H and O–H groups in total. The molecule has 106 valence electrons. The first-order chi connectivity index (χ1) is 9.37. The lowest BCUT2D eigenvalue weighted by Gasteiger charge is -2.19. The molecule has 0 saturated heterocycles. The van der Waals surface area contributed by atoms with Gasteiger partial charge in [-0.1, -0.05) is 12.8 Å². The number of carbonyl (C=O) groups excluding carboxylic acids is 1. The Morgan fingerprint density at radius 3 is 2.20 bits per heavy atom. The van der Waals surface area contributed by atoms with Crippen molar-refractivity contribution in [3.8, 4) is 6.07 Å². The van der Waals surface area contributed by atoms with Crippen molar-refractivity contribution < 1.29 is 18.0 Å². The van der Waals surface area contributed by atoms with E-state index in [1.165, 1.54) is 12.1 Å². The highest BCUT2D eigenvalue weighted by atomic mass is 19.4. The van der Waals surface area contributed by atoms with Gasteiger partial charge >= 0.3 is 6.18 Å². The first-order valence-electron chi connectivity index (χ1n) is 6.27. The topological polar surface area (TPSA) is 52.9 Å². The fourth-order valence-electron chi connectivity index (χ4n) is 2.36. The Hall–Kier alpha value is -2.03. The normalized spacial score (nSPS) is 17.5. The second-order valence-corrected chi connectivity index (χ2v) is 4.93. The number of halogens is 3. The number of rotatable bonds is 2. The van der Waals surface area contributed by atoms with E-state index in [0.717, 1.165) is 25.0 Å². The summed E-state index contributed by atoms with van der Waals surface area (Å²) >= 11 is 0. The third-order valence-corrected chi connectivity index (χ3v) is 3.58. The lowest BCUT2D eigenvalue weighted by molar-refractivity contribution is -0.137. The van der Waals surface area contributed by atoms with Crippen molar-refractivity contribution in [3.63, 3.8) is 0 Å². The van der Waals surface area contributed by atoms with Crippen LogP contribution in [0.5, 0.6) is 0 Å². The molecule has 1 fully saturated rings. The van der Waals surface area contributed by atoms with E-state index in [1.54, 1.807) is 0 Å². The number of benzene rings is 1. The Morgan fingerprint density at radius 1 is 1.20 bits per heavy atom. The molecule has 1 saturated carbocycles. The summed E-state index contributed by atoms with van der Waals surface area (Å²) in [6.45, 7) is 0. The van der Waals surface area contributed by atoms with Gasteiger partial charge < -0.3 is 5.32 Å². The van der Waals surface area contributed by atoms with Crippen LogP contribution in [0.4, 0.5) is 18.9 Å². The standard InChI is InChI=1S/C14H13F3N2O/c15-14(16,17)10-3-5-11(6-4-10)19-12(20)13(9-18)7-1-2-8-13/h3-6H,1-2,7-8H2,(H,19,20). The van der Waals surface area contributed by atoms with Crippen molar-refractivity contribution in [2.24, 2.45) is 5.41 Å². The van der Waals surface area contributed by atoms with Crippen LogP contribution in [0.2, 0.25) is 0 Å². The highest BCUT2D eigenvalue weighted by molar-refractivity contribution is 5.97. The molecule has 1 aromatic rings. The molecule has 1 aliphatic rings. The summed E-state index contributed by atoms with van der Waals surface area (Å²) in [5.41, 5.74) is -1.54. The van der Waals surface area contributed by atoms with Gasteiger partial charge in [0, 0.05) is 5.69 Å². The van der Waals surface area contributed by atoms with Gasteiger partial charge in [-0.25, -0.2) is 0 Å². The quantitative estimate of drug-likeness (QED) is 0.898. The molecule has 0 aliphatic heterocycles. The molecular weight excluding hydrogens is 269 g/mol. The van der Waals surface area contributed by atoms with Crippen LogP contribution in [0.3, 0.4) is 0 Å². The first-order valence-corrected chi connectivity index (χ1v) is 6.27. The molecule has 0 spiro atoms. The zero-order chi connectivity index (χ0) is 14.8. The molecular formula is C14H13F3N2O. The van der Waals surface area contributed by atoms with Crippen LogP contribution in [0, 0.1) is 16.7 Å². The van der Waals surface area contributed by atoms with Gasteiger partial charge in [0.15, 0.2) is 0 Å². The number of nitriles is 1. The maximum Gasteiger partial charge on any atom is 0.416 e. The molecule has 0 atom stereocenters. The molecule has 20 heavy (non-hydrogen) atoms. The van der Waals surface area contributed by atoms with Crippen LogP contribution in [0.1, 0.15) is 31.2 Å². The second kappa shape index (κ2) is 5.16. The number of anilines is 1. The van der Waals surface area contributed by atoms with Crippen molar-refractivity contribution in [2.75, 3.05) is 5.32 Å². The van der Waals surface area contributed by atoms with Crippen LogP contribution >= 0.6 is 0 Å². The third kappa shape index (κ3) is 2.77. The van der Waals surface area contributed by atoms with E-state index in [9.17, 15) is 18.0 Å². The molecule has 0 unspecified atom stereocenters. The fraction of sp³-hybridized carbons (Fsp3) is 0.429. The number of hydrogen-bond acceptors (Lipinski definition) is 2. The zero-order valence-electron chi connectivity index (χ0n) is 10.6. The first kappa shape index (κ1) is 14.4. The molecule has 1 aromatic carbocycles. The van der Waals surface area contributed by atoms with E-state index >= 15 is 0 Å². The van der Waals surface area contributed by atoms with Gasteiger partial charge in [-0.15, -0.1) is 0 Å². The predicted octanol–water partition coefficient (Wildman–Crippen LogP) is 3.73. The van der Waals surface area contributed by atoms with Gasteiger partial charge in [0.05, 0.1) is 11.6 Å². The monoisotopic (exact) mass is 282 g/mol. The Kier molecular flexibility index (Phi) is 3.71. The number of nitrogens with one attached hydrogen (secondary N) is 1. The van der Waals surface area contributed by atoms with Crippen LogP contribution in [-0.4, -0.2) is 5.91 Å². The Balaban J connectivity index is 2.11. The van der Waals surface area contributed by atoms with Crippen molar-refractivity contribution in [1.82, 2.24) is 0 Å². The SMILES string of the molecule is N#CC1(C(=O)Nc2ccc(C(F)(F)F)cc2)CCCC1. The smallest absolute Gasteiger partial charge is 0.325 e. The van der Waals surface area contributed by atoms with Gasteiger partial charge in [-0.3, -0.25) is 4.79 Å². The highest BCUT2D eigenvalue weighted by Crippen LogP contribution is 2.38. The summed E-state index contributed by atoms with van der Waals surface area (Å²) in [5.74, 6) is -0.433. The average Bonchev–Trinajstić information content (AvgIpc) is 2.88. The van der Waals surface area contributed by atoms with E-state index < -0.39 is 23.1 Å². The minimum absolute atomic E-state index is 0.268. The maximum atomic E-state index is 12.4. The van der Waals surface area contributed by atoms with Crippen molar-refractivity contribution >= 4 is 11.6 Å². The summed E-state index contributed by atoms with van der Waals surface area (Å²) in [7, 11) is 0. The van der Waals surface area contributed by atoms with E-state index in [2.05, 4.69) is 5.32 Å². The molecule has 0 aromatic heterocycles. The summed E-state index contributed by atoms with van der Waals surface area (Å²) < 4.78 is 37.2. The van der Waals surface area contributed by atoms with Crippen molar-refractivity contribution in [3.05, 3.63) is 29.8 Å². The largest absolute Gasteiger partial charge is 0.416 e. The number of amides is 1. The number of nitrogens with zero attached hydrogens (tertiary/aromatic N) is 1. The molecule has 1 amide bonds. The van der Waals surface area contributed by atoms with Gasteiger partial charge in [-0.2, -0.15) is 18.4 Å². The Morgan fingerprint density at radius 2 is 1.75 bits per heavy atom. The number of carbonyl (C=O) groups is 1. The number of alkyl halides is 3. The molecule has 0 bridgehead atoms. The molecule has 3 nitrogen and oxygen atoms in total. The van der Waals surface area contributed by atoms with Crippen LogP contribution in [0.15, 0.2) is 24.3 Å². The minimum Gasteiger partial charge on any atom is -0.325 e. The Bertz CT molecular complexity index is 537. The van der Waals surface area contributed by atoms with Gasteiger partial charge in [0.2, 0.25) is 5.91 Å². The van der Waals surface area contributed by atoms with E-state index in [1.807, 2.05) is 6.07 Å². The van der Waals surface area contributed by atoms with E-state index in [-0.39, 0.29) is 5.69 Å². The summed E-state index contributed by atoms with van der Waals surface area (Å²) in [6.07, 6.45) is -1.78. The summed E-state index contributed by atoms with van der Waals surface area (Å²) in [5, 5.41) is 11.7. The third-order valence-electron chi connectivity index (χ3n) is 3.58. The highest BCUT2D eigenvalue weighted by Gasteiger charge is 2.41. The Labute approximate surface area is 114 Å². The lowest BCUT2D eigenvalue weighted by Crippen LogP contribution is -2.32. The second-order valence-electron chi connectivity index (χ2n) is 4.93. The summed E-state index contributed by atoms with van der Waals surface area (Å²) in [4.78, 5) is 12.1. The maximum absolute atomic E-state index is 12.4. The van der Waals surface area contributed by atoms with E-state index in [4.69, 9.17) is 5.26 Å². The number of hydrogen-bond donors (Lipinski definition) is 1. The zero-order valence-corrected chi connectivity index (χ0v) is 10.6. The van der Waals surface area contributed by atoms with Gasteiger partial charge in [0.25, 0.3) is 0 Å².